The van der Waals surface area contributed by atoms with Gasteiger partial charge in [-0.1, -0.05) is 12.1 Å². The van der Waals surface area contributed by atoms with Crippen LogP contribution in [-0.4, -0.2) is 58.9 Å². The second-order valence-corrected chi connectivity index (χ2v) is 7.01. The van der Waals surface area contributed by atoms with Gasteiger partial charge in [-0.2, -0.15) is 0 Å². The molecular formula is C21H25N3O3. The number of hydrogen-bond donors (Lipinski definition) is 0. The topological polar surface area (TPSA) is 62.7 Å². The summed E-state index contributed by atoms with van der Waals surface area (Å²) >= 11 is 0. The lowest BCUT2D eigenvalue weighted by molar-refractivity contribution is -0.143. The van der Waals surface area contributed by atoms with Gasteiger partial charge in [0.05, 0.1) is 18.7 Å². The summed E-state index contributed by atoms with van der Waals surface area (Å²) in [6.45, 7) is 5.71. The molecule has 142 valence electrons. The summed E-state index contributed by atoms with van der Waals surface area (Å²) in [7, 11) is 3.41. The zero-order valence-corrected chi connectivity index (χ0v) is 16.3. The van der Waals surface area contributed by atoms with Crippen LogP contribution in [0.2, 0.25) is 0 Å². The number of benzene rings is 1. The number of piperazine rings is 1. The summed E-state index contributed by atoms with van der Waals surface area (Å²) in [5.74, 6) is 0.547. The van der Waals surface area contributed by atoms with Crippen molar-refractivity contribution in [2.75, 3.05) is 14.2 Å². The van der Waals surface area contributed by atoms with Crippen LogP contribution < -0.4 is 4.74 Å². The van der Waals surface area contributed by atoms with Crippen LogP contribution in [0, 0.1) is 0 Å². The standard InChI is InChI=1S/C21H25N3O3/c1-13-14(2)24(15(3)20(25)23(13)4)21(26)18-10-17(11-22-12-18)16-6-8-19(27-5)9-7-16/h6-15H,1-5H3. The molecule has 3 rings (SSSR count). The number of aromatic nitrogens is 1. The minimum absolute atomic E-state index is 0.0459. The molecule has 2 heterocycles. The number of methoxy groups -OCH3 is 1. The van der Waals surface area contributed by atoms with E-state index in [-0.39, 0.29) is 23.9 Å². The van der Waals surface area contributed by atoms with Crippen molar-refractivity contribution in [1.29, 1.82) is 0 Å². The van der Waals surface area contributed by atoms with Crippen LogP contribution in [0.5, 0.6) is 5.75 Å². The zero-order chi connectivity index (χ0) is 19.7. The van der Waals surface area contributed by atoms with E-state index in [0.717, 1.165) is 16.9 Å². The van der Waals surface area contributed by atoms with Crippen LogP contribution in [0.3, 0.4) is 0 Å². The number of hydrogen-bond acceptors (Lipinski definition) is 4. The molecule has 1 aromatic carbocycles. The molecule has 1 aliphatic rings. The number of amides is 2. The summed E-state index contributed by atoms with van der Waals surface area (Å²) in [5, 5.41) is 0. The van der Waals surface area contributed by atoms with Gasteiger partial charge in [0.15, 0.2) is 0 Å². The average molecular weight is 367 g/mol. The van der Waals surface area contributed by atoms with Crippen LogP contribution in [0.4, 0.5) is 0 Å². The summed E-state index contributed by atoms with van der Waals surface area (Å²) in [6, 6.07) is 8.79. The van der Waals surface area contributed by atoms with E-state index < -0.39 is 6.04 Å². The highest BCUT2D eigenvalue weighted by atomic mass is 16.5. The minimum atomic E-state index is -0.502. The SMILES string of the molecule is COc1ccc(-c2cncc(C(=O)N3C(C)C(=O)N(C)C(C)C3C)c2)cc1. The molecule has 0 aliphatic carbocycles. The van der Waals surface area contributed by atoms with Crippen LogP contribution in [-0.2, 0) is 4.79 Å². The Morgan fingerprint density at radius 2 is 1.70 bits per heavy atom. The quantitative estimate of drug-likeness (QED) is 0.837. The molecule has 27 heavy (non-hydrogen) atoms. The number of nitrogens with zero attached hydrogens (tertiary/aromatic N) is 3. The largest absolute Gasteiger partial charge is 0.497 e. The van der Waals surface area contributed by atoms with Crippen molar-refractivity contribution >= 4 is 11.8 Å². The second kappa shape index (κ2) is 7.39. The fraction of sp³-hybridized carbons (Fsp3) is 0.381. The third-order valence-corrected chi connectivity index (χ3v) is 5.51. The molecule has 0 N–H and O–H groups in total. The van der Waals surface area contributed by atoms with Crippen molar-refractivity contribution in [3.8, 4) is 16.9 Å². The molecule has 0 saturated carbocycles. The van der Waals surface area contributed by atoms with Crippen molar-refractivity contribution in [1.82, 2.24) is 14.8 Å². The van der Waals surface area contributed by atoms with Gasteiger partial charge in [0.25, 0.3) is 5.91 Å². The van der Waals surface area contributed by atoms with Gasteiger partial charge in [-0.15, -0.1) is 0 Å². The molecule has 1 saturated heterocycles. The molecule has 2 aromatic rings. The predicted molar refractivity (Wildman–Crippen MR) is 104 cm³/mol. The van der Waals surface area contributed by atoms with Gasteiger partial charge in [0.1, 0.15) is 11.8 Å². The normalized spacial score (nSPS) is 22.7. The molecule has 3 atom stereocenters. The van der Waals surface area contributed by atoms with E-state index in [4.69, 9.17) is 4.74 Å². The first-order valence-electron chi connectivity index (χ1n) is 9.04. The third-order valence-electron chi connectivity index (χ3n) is 5.51. The lowest BCUT2D eigenvalue weighted by Gasteiger charge is -2.46. The first kappa shape index (κ1) is 18.9. The summed E-state index contributed by atoms with van der Waals surface area (Å²) in [5.41, 5.74) is 2.27. The average Bonchev–Trinajstić information content (AvgIpc) is 2.71. The molecule has 1 aliphatic heterocycles. The van der Waals surface area contributed by atoms with Crippen molar-refractivity contribution in [2.45, 2.75) is 38.9 Å². The van der Waals surface area contributed by atoms with Gasteiger partial charge in [-0.25, -0.2) is 0 Å². The fourth-order valence-electron chi connectivity index (χ4n) is 3.53. The molecule has 0 spiro atoms. The first-order chi connectivity index (χ1) is 12.8. The van der Waals surface area contributed by atoms with Crippen molar-refractivity contribution < 1.29 is 14.3 Å². The van der Waals surface area contributed by atoms with E-state index >= 15 is 0 Å². The van der Waals surface area contributed by atoms with Crippen LogP contribution in [0.1, 0.15) is 31.1 Å². The molecule has 2 amide bonds. The van der Waals surface area contributed by atoms with Crippen LogP contribution in [0.15, 0.2) is 42.7 Å². The summed E-state index contributed by atoms with van der Waals surface area (Å²) in [6.07, 6.45) is 3.28. The first-order valence-corrected chi connectivity index (χ1v) is 9.04. The van der Waals surface area contributed by atoms with Gasteiger partial charge in [-0.3, -0.25) is 14.6 Å². The number of ether oxygens (including phenoxy) is 1. The van der Waals surface area contributed by atoms with Crippen molar-refractivity contribution in [3.63, 3.8) is 0 Å². The van der Waals surface area contributed by atoms with Gasteiger partial charge in [-0.05, 0) is 44.5 Å². The van der Waals surface area contributed by atoms with Crippen LogP contribution in [0.25, 0.3) is 11.1 Å². The molecule has 6 nitrogen and oxygen atoms in total. The highest BCUT2D eigenvalue weighted by Crippen LogP contribution is 2.26. The number of carbonyl (C=O) groups excluding carboxylic acids is 2. The number of carbonyl (C=O) groups is 2. The number of pyridine rings is 1. The smallest absolute Gasteiger partial charge is 0.256 e. The maximum absolute atomic E-state index is 13.2. The number of rotatable bonds is 3. The Balaban J connectivity index is 1.91. The van der Waals surface area contributed by atoms with Gasteiger partial charge in [0.2, 0.25) is 5.91 Å². The highest BCUT2D eigenvalue weighted by molar-refractivity contribution is 5.99. The number of likely N-dealkylation sites (N-methyl/N-ethyl adjacent to an activating group) is 1. The molecule has 3 unspecified atom stereocenters. The Bertz CT molecular complexity index is 850. The van der Waals surface area contributed by atoms with Crippen molar-refractivity contribution in [3.05, 3.63) is 48.3 Å². The van der Waals surface area contributed by atoms with E-state index in [1.54, 1.807) is 43.3 Å². The second-order valence-electron chi connectivity index (χ2n) is 7.01. The summed E-state index contributed by atoms with van der Waals surface area (Å²) in [4.78, 5) is 33.3. The van der Waals surface area contributed by atoms with E-state index in [1.165, 1.54) is 0 Å². The molecule has 6 heteroatoms. The van der Waals surface area contributed by atoms with Crippen molar-refractivity contribution in [2.24, 2.45) is 0 Å². The minimum Gasteiger partial charge on any atom is -0.497 e. The predicted octanol–water partition coefficient (Wildman–Crippen LogP) is 2.84. The molecule has 0 radical (unpaired) electrons. The highest BCUT2D eigenvalue weighted by Gasteiger charge is 2.41. The lowest BCUT2D eigenvalue weighted by atomic mass is 9.98. The van der Waals surface area contributed by atoms with Gasteiger partial charge >= 0.3 is 0 Å². The maximum Gasteiger partial charge on any atom is 0.256 e. The Labute approximate surface area is 159 Å². The Hall–Kier alpha value is -2.89. The zero-order valence-electron chi connectivity index (χ0n) is 16.3. The molecular weight excluding hydrogens is 342 g/mol. The van der Waals surface area contributed by atoms with E-state index in [1.807, 2.05) is 44.2 Å². The van der Waals surface area contributed by atoms with E-state index in [2.05, 4.69) is 4.98 Å². The van der Waals surface area contributed by atoms with Gasteiger partial charge < -0.3 is 14.5 Å². The molecule has 0 bridgehead atoms. The monoisotopic (exact) mass is 367 g/mol. The van der Waals surface area contributed by atoms with Crippen LogP contribution >= 0.6 is 0 Å². The Morgan fingerprint density at radius 3 is 2.33 bits per heavy atom. The summed E-state index contributed by atoms with van der Waals surface area (Å²) < 4.78 is 5.19. The molecule has 1 aromatic heterocycles. The van der Waals surface area contributed by atoms with Gasteiger partial charge in [0, 0.05) is 31.0 Å². The van der Waals surface area contributed by atoms with E-state index in [0.29, 0.717) is 5.56 Å². The molecule has 1 fully saturated rings. The lowest BCUT2D eigenvalue weighted by Crippen LogP contribution is -2.64. The third kappa shape index (κ3) is 3.39. The Kier molecular flexibility index (Phi) is 5.17. The maximum atomic E-state index is 13.2. The van der Waals surface area contributed by atoms with E-state index in [9.17, 15) is 9.59 Å². The Morgan fingerprint density at radius 1 is 1.04 bits per heavy atom. The fourth-order valence-corrected chi connectivity index (χ4v) is 3.53.